The van der Waals surface area contributed by atoms with E-state index in [1.807, 2.05) is 6.92 Å². The standard InChI is InChI=1S/C13H12BrFN4O2/c1-2-16-12-6-9(19(20)21)7-13(18-12)17-8-3-4-10(14)11(15)5-8/h3-7H,2H2,1H3,(H2,16,17,18). The third kappa shape index (κ3) is 3.88. The van der Waals surface area contributed by atoms with E-state index in [-0.39, 0.29) is 11.5 Å². The lowest BCUT2D eigenvalue weighted by molar-refractivity contribution is -0.384. The molecule has 1 aromatic carbocycles. The van der Waals surface area contributed by atoms with Gasteiger partial charge in [-0.15, -0.1) is 0 Å². The second-order valence-corrected chi connectivity index (χ2v) is 4.99. The largest absolute Gasteiger partial charge is 0.370 e. The molecule has 0 spiro atoms. The molecule has 110 valence electrons. The Kier molecular flexibility index (Phi) is 4.69. The predicted molar refractivity (Wildman–Crippen MR) is 82.4 cm³/mol. The molecule has 0 amide bonds. The minimum atomic E-state index is -0.504. The van der Waals surface area contributed by atoms with Crippen LogP contribution in [0.25, 0.3) is 0 Å². The van der Waals surface area contributed by atoms with E-state index in [2.05, 4.69) is 31.5 Å². The molecular formula is C13H12BrFN4O2. The maximum absolute atomic E-state index is 13.5. The Morgan fingerprint density at radius 2 is 2.05 bits per heavy atom. The van der Waals surface area contributed by atoms with E-state index in [4.69, 9.17) is 0 Å². The molecule has 1 aromatic heterocycles. The van der Waals surface area contributed by atoms with Crippen molar-refractivity contribution in [3.05, 3.63) is 50.7 Å². The lowest BCUT2D eigenvalue weighted by atomic mass is 10.3. The van der Waals surface area contributed by atoms with Crippen LogP contribution in [0, 0.1) is 15.9 Å². The van der Waals surface area contributed by atoms with Gasteiger partial charge in [-0.2, -0.15) is 0 Å². The summed E-state index contributed by atoms with van der Waals surface area (Å²) in [6.45, 7) is 2.44. The number of pyridine rings is 1. The molecule has 0 aliphatic rings. The van der Waals surface area contributed by atoms with Crippen molar-refractivity contribution in [1.29, 1.82) is 0 Å². The van der Waals surface area contributed by atoms with E-state index in [1.165, 1.54) is 18.2 Å². The van der Waals surface area contributed by atoms with Crippen LogP contribution in [0.1, 0.15) is 6.92 Å². The zero-order valence-electron chi connectivity index (χ0n) is 11.1. The van der Waals surface area contributed by atoms with Gasteiger partial charge in [0.25, 0.3) is 5.69 Å². The summed E-state index contributed by atoms with van der Waals surface area (Å²) in [4.78, 5) is 14.6. The van der Waals surface area contributed by atoms with Crippen LogP contribution in [-0.2, 0) is 0 Å². The number of aromatic nitrogens is 1. The topological polar surface area (TPSA) is 80.1 Å². The van der Waals surface area contributed by atoms with E-state index in [9.17, 15) is 14.5 Å². The number of anilines is 3. The molecule has 21 heavy (non-hydrogen) atoms. The van der Waals surface area contributed by atoms with Crippen molar-refractivity contribution >= 4 is 38.9 Å². The van der Waals surface area contributed by atoms with Gasteiger partial charge in [-0.05, 0) is 41.1 Å². The van der Waals surface area contributed by atoms with Gasteiger partial charge in [-0.3, -0.25) is 10.1 Å². The Labute approximate surface area is 128 Å². The number of hydrogen-bond donors (Lipinski definition) is 2. The average Bonchev–Trinajstić information content (AvgIpc) is 2.43. The van der Waals surface area contributed by atoms with Crippen molar-refractivity contribution in [1.82, 2.24) is 4.98 Å². The van der Waals surface area contributed by atoms with Crippen LogP contribution in [0.3, 0.4) is 0 Å². The minimum Gasteiger partial charge on any atom is -0.370 e. The summed E-state index contributed by atoms with van der Waals surface area (Å²) in [7, 11) is 0. The van der Waals surface area contributed by atoms with Gasteiger partial charge in [-0.25, -0.2) is 9.37 Å². The second kappa shape index (κ2) is 6.49. The van der Waals surface area contributed by atoms with Crippen LogP contribution in [0.15, 0.2) is 34.8 Å². The molecule has 8 heteroatoms. The molecule has 2 N–H and O–H groups in total. The summed E-state index contributed by atoms with van der Waals surface area (Å²) in [5.74, 6) is 0.214. The Bertz CT molecular complexity index is 681. The van der Waals surface area contributed by atoms with Gasteiger partial charge in [0, 0.05) is 12.2 Å². The molecule has 0 saturated carbocycles. The highest BCUT2D eigenvalue weighted by molar-refractivity contribution is 9.10. The first kappa shape index (κ1) is 15.2. The van der Waals surface area contributed by atoms with Crippen molar-refractivity contribution in [2.45, 2.75) is 6.92 Å². The predicted octanol–water partition coefficient (Wildman–Crippen LogP) is 4.07. The molecule has 0 radical (unpaired) electrons. The SMILES string of the molecule is CCNc1cc([N+](=O)[O-])cc(Nc2ccc(Br)c(F)c2)n1. The maximum atomic E-state index is 13.5. The van der Waals surface area contributed by atoms with E-state index in [1.54, 1.807) is 12.1 Å². The van der Waals surface area contributed by atoms with Gasteiger partial charge in [0.05, 0.1) is 21.5 Å². The average molecular weight is 355 g/mol. The van der Waals surface area contributed by atoms with Gasteiger partial charge in [0.2, 0.25) is 0 Å². The molecule has 2 rings (SSSR count). The smallest absolute Gasteiger partial charge is 0.276 e. The Balaban J connectivity index is 2.33. The normalized spacial score (nSPS) is 10.2. The van der Waals surface area contributed by atoms with Crippen molar-refractivity contribution in [2.24, 2.45) is 0 Å². The number of hydrogen-bond acceptors (Lipinski definition) is 5. The van der Waals surface area contributed by atoms with E-state index in [0.29, 0.717) is 22.5 Å². The van der Waals surface area contributed by atoms with Crippen LogP contribution >= 0.6 is 15.9 Å². The number of nitrogens with zero attached hydrogens (tertiary/aromatic N) is 2. The van der Waals surface area contributed by atoms with Gasteiger partial charge < -0.3 is 10.6 Å². The van der Waals surface area contributed by atoms with E-state index >= 15 is 0 Å². The van der Waals surface area contributed by atoms with Crippen molar-refractivity contribution in [3.8, 4) is 0 Å². The summed E-state index contributed by atoms with van der Waals surface area (Å²) in [6.07, 6.45) is 0. The fourth-order valence-electron chi connectivity index (χ4n) is 1.68. The Hall–Kier alpha value is -2.22. The molecule has 0 saturated heterocycles. The summed E-state index contributed by atoms with van der Waals surface area (Å²) in [6, 6.07) is 7.09. The summed E-state index contributed by atoms with van der Waals surface area (Å²) >= 11 is 3.06. The quantitative estimate of drug-likeness (QED) is 0.624. The van der Waals surface area contributed by atoms with Crippen LogP contribution in [0.4, 0.5) is 27.4 Å². The lowest BCUT2D eigenvalue weighted by Crippen LogP contribution is -2.03. The zero-order chi connectivity index (χ0) is 15.4. The first-order valence-corrected chi connectivity index (χ1v) is 6.91. The number of benzene rings is 1. The van der Waals surface area contributed by atoms with E-state index in [0.717, 1.165) is 0 Å². The fourth-order valence-corrected chi connectivity index (χ4v) is 1.93. The van der Waals surface area contributed by atoms with Crippen LogP contribution in [0.2, 0.25) is 0 Å². The monoisotopic (exact) mass is 354 g/mol. The Morgan fingerprint density at radius 1 is 1.33 bits per heavy atom. The fraction of sp³-hybridized carbons (Fsp3) is 0.154. The van der Waals surface area contributed by atoms with Crippen molar-refractivity contribution in [2.75, 3.05) is 17.2 Å². The molecular weight excluding hydrogens is 343 g/mol. The second-order valence-electron chi connectivity index (χ2n) is 4.14. The lowest BCUT2D eigenvalue weighted by Gasteiger charge is -2.09. The van der Waals surface area contributed by atoms with Gasteiger partial charge >= 0.3 is 0 Å². The first-order chi connectivity index (χ1) is 9.99. The molecule has 0 fully saturated rings. The highest BCUT2D eigenvalue weighted by Gasteiger charge is 2.11. The van der Waals surface area contributed by atoms with Crippen LogP contribution < -0.4 is 10.6 Å². The third-order valence-corrected chi connectivity index (χ3v) is 3.21. The summed E-state index contributed by atoms with van der Waals surface area (Å²) in [5, 5.41) is 16.7. The van der Waals surface area contributed by atoms with Crippen LogP contribution in [0.5, 0.6) is 0 Å². The van der Waals surface area contributed by atoms with Gasteiger partial charge in [0.15, 0.2) is 0 Å². The summed E-state index contributed by atoms with van der Waals surface area (Å²) in [5.41, 5.74) is 0.354. The minimum absolute atomic E-state index is 0.0963. The molecule has 6 nitrogen and oxygen atoms in total. The number of nitro groups is 1. The summed E-state index contributed by atoms with van der Waals surface area (Å²) < 4.78 is 13.8. The molecule has 0 unspecified atom stereocenters. The first-order valence-electron chi connectivity index (χ1n) is 6.12. The highest BCUT2D eigenvalue weighted by Crippen LogP contribution is 2.25. The highest BCUT2D eigenvalue weighted by atomic mass is 79.9. The van der Waals surface area contributed by atoms with Crippen molar-refractivity contribution < 1.29 is 9.31 Å². The third-order valence-electron chi connectivity index (χ3n) is 2.57. The molecule has 2 aromatic rings. The number of rotatable bonds is 5. The van der Waals surface area contributed by atoms with Gasteiger partial charge in [-0.1, -0.05) is 0 Å². The molecule has 1 heterocycles. The maximum Gasteiger partial charge on any atom is 0.276 e. The van der Waals surface area contributed by atoms with Gasteiger partial charge in [0.1, 0.15) is 17.5 Å². The number of nitrogens with one attached hydrogen (secondary N) is 2. The zero-order valence-corrected chi connectivity index (χ0v) is 12.6. The van der Waals surface area contributed by atoms with Crippen LogP contribution in [-0.4, -0.2) is 16.5 Å². The molecule has 0 bridgehead atoms. The Morgan fingerprint density at radius 3 is 2.67 bits per heavy atom. The van der Waals surface area contributed by atoms with Crippen molar-refractivity contribution in [3.63, 3.8) is 0 Å². The number of halogens is 2. The molecule has 0 aliphatic heterocycles. The van der Waals surface area contributed by atoms with E-state index < -0.39 is 10.7 Å². The molecule has 0 atom stereocenters. The molecule has 0 aliphatic carbocycles.